The van der Waals surface area contributed by atoms with Gasteiger partial charge in [0.05, 0.1) is 20.1 Å². The largest absolute Gasteiger partial charge is 0.492 e. The van der Waals surface area contributed by atoms with Crippen LogP contribution < -0.4 is 9.47 Å². The van der Waals surface area contributed by atoms with E-state index in [9.17, 15) is 9.59 Å². The summed E-state index contributed by atoms with van der Waals surface area (Å²) in [6.07, 6.45) is 1.06. The monoisotopic (exact) mass is 489 g/mol. The molecule has 1 amide bonds. The van der Waals surface area contributed by atoms with Crippen molar-refractivity contribution in [2.75, 3.05) is 27.8 Å². The number of ether oxygens (including phenoxy) is 3. The highest BCUT2D eigenvalue weighted by molar-refractivity contribution is 6.01. The second kappa shape index (κ2) is 9.64. The number of carbonyl (C=O) groups is 2. The molecule has 3 aromatic carbocycles. The van der Waals surface area contributed by atoms with Crippen molar-refractivity contribution >= 4 is 11.9 Å². The summed E-state index contributed by atoms with van der Waals surface area (Å²) in [6.45, 7) is 0.406. The van der Waals surface area contributed by atoms with Crippen LogP contribution in [-0.4, -0.2) is 44.6 Å². The molecule has 0 aromatic heterocycles. The Labute approximate surface area is 209 Å². The van der Waals surface area contributed by atoms with Crippen LogP contribution in [0.3, 0.4) is 0 Å². The van der Waals surface area contributed by atoms with Gasteiger partial charge in [0.25, 0.3) is 5.91 Å². The lowest BCUT2D eigenvalue weighted by Gasteiger charge is -2.19. The predicted molar refractivity (Wildman–Crippen MR) is 133 cm³/mol. The summed E-state index contributed by atoms with van der Waals surface area (Å²) in [7, 11) is 4.81. The zero-order valence-corrected chi connectivity index (χ0v) is 20.5. The second-order valence-electron chi connectivity index (χ2n) is 9.37. The van der Waals surface area contributed by atoms with E-state index in [0.29, 0.717) is 42.1 Å². The van der Waals surface area contributed by atoms with Crippen LogP contribution in [0.4, 0.5) is 4.39 Å². The second-order valence-corrected chi connectivity index (χ2v) is 9.37. The van der Waals surface area contributed by atoms with Gasteiger partial charge in [0.1, 0.15) is 23.4 Å². The van der Waals surface area contributed by atoms with Crippen molar-refractivity contribution < 1.29 is 28.2 Å². The number of halogens is 1. The number of carbonyl (C=O) groups excluding carboxylic acids is 2. The maximum Gasteiger partial charge on any atom is 0.306 e. The van der Waals surface area contributed by atoms with Gasteiger partial charge in [0.2, 0.25) is 0 Å². The molecule has 1 aliphatic carbocycles. The first-order chi connectivity index (χ1) is 17.4. The summed E-state index contributed by atoms with van der Waals surface area (Å²) in [6, 6.07) is 16.2. The van der Waals surface area contributed by atoms with Crippen molar-refractivity contribution in [3.63, 3.8) is 0 Å². The van der Waals surface area contributed by atoms with Gasteiger partial charge in [-0.05, 0) is 47.7 Å². The van der Waals surface area contributed by atoms with Gasteiger partial charge in [-0.25, -0.2) is 4.39 Å². The van der Waals surface area contributed by atoms with E-state index in [1.54, 1.807) is 37.2 Å². The minimum absolute atomic E-state index is 0.0568. The van der Waals surface area contributed by atoms with Gasteiger partial charge in [-0.1, -0.05) is 30.3 Å². The normalized spacial score (nSPS) is 17.7. The molecule has 0 N–H and O–H groups in total. The summed E-state index contributed by atoms with van der Waals surface area (Å²) in [5.41, 5.74) is 4.56. The third-order valence-corrected chi connectivity index (χ3v) is 6.92. The van der Waals surface area contributed by atoms with Crippen molar-refractivity contribution in [2.24, 2.45) is 0 Å². The van der Waals surface area contributed by atoms with Crippen molar-refractivity contribution in [3.05, 3.63) is 82.7 Å². The number of esters is 1. The molecule has 0 spiro atoms. The van der Waals surface area contributed by atoms with Crippen LogP contribution in [0.1, 0.15) is 51.9 Å². The van der Waals surface area contributed by atoms with Crippen LogP contribution in [0.25, 0.3) is 11.1 Å². The first kappa shape index (κ1) is 23.9. The van der Waals surface area contributed by atoms with Gasteiger partial charge in [0.15, 0.2) is 0 Å². The molecule has 0 bridgehead atoms. The van der Waals surface area contributed by atoms with Gasteiger partial charge < -0.3 is 19.1 Å². The molecule has 36 heavy (non-hydrogen) atoms. The fraction of sp³-hybridized carbons (Fsp3) is 0.310. The fourth-order valence-corrected chi connectivity index (χ4v) is 5.14. The first-order valence-corrected chi connectivity index (χ1v) is 12.0. The number of benzene rings is 3. The fourth-order valence-electron chi connectivity index (χ4n) is 5.14. The number of fused-ring (bicyclic) bond motifs is 2. The summed E-state index contributed by atoms with van der Waals surface area (Å²) >= 11 is 0. The van der Waals surface area contributed by atoms with Gasteiger partial charge in [-0.3, -0.25) is 9.59 Å². The molecule has 2 atom stereocenters. The standard InChI is InChI=1S/C29H28FNO5/c1-31(2)29(33)23-7-5-4-6-20(23)21-10-12-24(30)28-22(21)11-13-25(28)36-18-8-9-19-17(14-27(32)34-3)16-35-26(19)15-18/h4-10,12,15,17,25H,11,13-14,16H2,1-3H3/t17-,25-/m1/s1. The van der Waals surface area contributed by atoms with E-state index in [-0.39, 0.29) is 30.0 Å². The lowest BCUT2D eigenvalue weighted by atomic mass is 9.92. The first-order valence-electron chi connectivity index (χ1n) is 12.0. The van der Waals surface area contributed by atoms with E-state index in [1.165, 1.54) is 13.2 Å². The maximum atomic E-state index is 15.1. The zero-order chi connectivity index (χ0) is 25.4. The molecule has 1 aliphatic heterocycles. The Bertz CT molecular complexity index is 1340. The molecule has 186 valence electrons. The molecule has 0 radical (unpaired) electrons. The van der Waals surface area contributed by atoms with E-state index in [0.717, 1.165) is 22.3 Å². The van der Waals surface area contributed by atoms with Crippen LogP contribution in [-0.2, 0) is 16.0 Å². The highest BCUT2D eigenvalue weighted by Gasteiger charge is 2.32. The third kappa shape index (κ3) is 4.30. The lowest BCUT2D eigenvalue weighted by molar-refractivity contribution is -0.141. The molecular formula is C29H28FNO5. The Morgan fingerprint density at radius 1 is 1.08 bits per heavy atom. The van der Waals surface area contributed by atoms with Crippen molar-refractivity contribution in [1.29, 1.82) is 0 Å². The molecule has 5 rings (SSSR count). The highest BCUT2D eigenvalue weighted by atomic mass is 19.1. The van der Waals surface area contributed by atoms with Crippen LogP contribution >= 0.6 is 0 Å². The molecular weight excluding hydrogens is 461 g/mol. The molecule has 0 fully saturated rings. The Kier molecular flexibility index (Phi) is 6.39. The minimum Gasteiger partial charge on any atom is -0.492 e. The smallest absolute Gasteiger partial charge is 0.306 e. The lowest BCUT2D eigenvalue weighted by Crippen LogP contribution is -2.22. The Morgan fingerprint density at radius 3 is 2.67 bits per heavy atom. The van der Waals surface area contributed by atoms with E-state index in [2.05, 4.69) is 0 Å². The summed E-state index contributed by atoms with van der Waals surface area (Å²) < 4.78 is 32.0. The van der Waals surface area contributed by atoms with Crippen LogP contribution in [0.2, 0.25) is 0 Å². The minimum atomic E-state index is -0.456. The maximum absolute atomic E-state index is 15.1. The van der Waals surface area contributed by atoms with E-state index >= 15 is 4.39 Å². The van der Waals surface area contributed by atoms with Gasteiger partial charge in [-0.2, -0.15) is 0 Å². The molecule has 2 aliphatic rings. The summed E-state index contributed by atoms with van der Waals surface area (Å²) in [4.78, 5) is 26.0. The average molecular weight is 490 g/mol. The Hall–Kier alpha value is -3.87. The summed E-state index contributed by atoms with van der Waals surface area (Å²) in [5.74, 6) is 0.503. The number of nitrogens with zero attached hydrogens (tertiary/aromatic N) is 1. The van der Waals surface area contributed by atoms with Crippen molar-refractivity contribution in [2.45, 2.75) is 31.3 Å². The number of methoxy groups -OCH3 is 1. The van der Waals surface area contributed by atoms with Crippen LogP contribution in [0, 0.1) is 5.82 Å². The van der Waals surface area contributed by atoms with E-state index < -0.39 is 6.10 Å². The predicted octanol–water partition coefficient (Wildman–Crippen LogP) is 5.30. The van der Waals surface area contributed by atoms with Crippen LogP contribution in [0.5, 0.6) is 11.5 Å². The Morgan fingerprint density at radius 2 is 1.89 bits per heavy atom. The molecule has 0 saturated heterocycles. The number of hydrogen-bond acceptors (Lipinski definition) is 5. The molecule has 6 nitrogen and oxygen atoms in total. The van der Waals surface area contributed by atoms with Gasteiger partial charge in [0, 0.05) is 42.8 Å². The molecule has 0 saturated carbocycles. The quantitative estimate of drug-likeness (QED) is 0.440. The average Bonchev–Trinajstić information content (AvgIpc) is 3.48. The zero-order valence-electron chi connectivity index (χ0n) is 20.5. The van der Waals surface area contributed by atoms with Crippen molar-refractivity contribution in [1.82, 2.24) is 4.90 Å². The molecule has 3 aromatic rings. The van der Waals surface area contributed by atoms with E-state index in [4.69, 9.17) is 14.2 Å². The van der Waals surface area contributed by atoms with Crippen LogP contribution in [0.15, 0.2) is 54.6 Å². The Balaban J connectivity index is 1.44. The van der Waals surface area contributed by atoms with E-state index in [1.807, 2.05) is 30.3 Å². The molecule has 0 unspecified atom stereocenters. The SMILES string of the molecule is COC(=O)C[C@@H]1COc2cc(O[C@@H]3CCc4c(-c5ccccc5C(=O)N(C)C)ccc(F)c43)ccc21. The number of amides is 1. The third-order valence-electron chi connectivity index (χ3n) is 6.92. The number of rotatable bonds is 6. The molecule has 7 heteroatoms. The van der Waals surface area contributed by atoms with Gasteiger partial charge >= 0.3 is 5.97 Å². The summed E-state index contributed by atoms with van der Waals surface area (Å²) in [5, 5.41) is 0. The highest BCUT2D eigenvalue weighted by Crippen LogP contribution is 2.44. The van der Waals surface area contributed by atoms with Crippen molar-refractivity contribution in [3.8, 4) is 22.6 Å². The van der Waals surface area contributed by atoms with Gasteiger partial charge in [-0.15, -0.1) is 0 Å². The number of hydrogen-bond donors (Lipinski definition) is 0. The molecule has 1 heterocycles. The topological polar surface area (TPSA) is 65.1 Å².